The second kappa shape index (κ2) is 8.83. The summed E-state index contributed by atoms with van der Waals surface area (Å²) in [4.78, 5) is 14.7. The fraction of sp³-hybridized carbons (Fsp3) is 0.765. The molecule has 1 aliphatic heterocycles. The summed E-state index contributed by atoms with van der Waals surface area (Å²) in [7, 11) is 3.69. The summed E-state index contributed by atoms with van der Waals surface area (Å²) >= 11 is 0. The molecule has 1 aromatic heterocycles. The average molecular weight is 357 g/mol. The summed E-state index contributed by atoms with van der Waals surface area (Å²) in [6.45, 7) is 1.57. The first-order chi connectivity index (χ1) is 11.2. The van der Waals surface area contributed by atoms with Gasteiger partial charge in [0.05, 0.1) is 18.4 Å². The molecule has 3 rings (SSSR count). The van der Waals surface area contributed by atoms with E-state index in [1.54, 1.807) is 10.9 Å². The van der Waals surface area contributed by atoms with E-state index in [1.165, 1.54) is 25.7 Å². The normalized spacial score (nSPS) is 20.8. The van der Waals surface area contributed by atoms with E-state index in [2.05, 4.69) is 10.4 Å². The monoisotopic (exact) mass is 356 g/mol. The third-order valence-electron chi connectivity index (χ3n) is 5.03. The molecule has 2 aliphatic rings. The van der Waals surface area contributed by atoms with Crippen LogP contribution in [0.1, 0.15) is 50.1 Å². The lowest BCUT2D eigenvalue weighted by molar-refractivity contribution is -0.137. The molecule has 1 N–H and O–H groups in total. The molecule has 0 aromatic carbocycles. The van der Waals surface area contributed by atoms with Crippen LogP contribution in [0.3, 0.4) is 0 Å². The molecule has 6 nitrogen and oxygen atoms in total. The lowest BCUT2D eigenvalue weighted by Crippen LogP contribution is -2.45. The van der Waals surface area contributed by atoms with Gasteiger partial charge in [-0.15, -0.1) is 12.4 Å². The molecule has 0 bridgehead atoms. The predicted molar refractivity (Wildman–Crippen MR) is 95.2 cm³/mol. The largest absolute Gasteiger partial charge is 0.375 e. The minimum atomic E-state index is -0.309. The van der Waals surface area contributed by atoms with Crippen LogP contribution >= 0.6 is 12.4 Å². The number of piperidine rings is 1. The third kappa shape index (κ3) is 4.49. The minimum absolute atomic E-state index is 0. The van der Waals surface area contributed by atoms with Gasteiger partial charge in [-0.1, -0.05) is 12.8 Å². The van der Waals surface area contributed by atoms with E-state index in [0.29, 0.717) is 12.2 Å². The van der Waals surface area contributed by atoms with Crippen molar-refractivity contribution in [1.82, 2.24) is 20.0 Å². The second-order valence-corrected chi connectivity index (χ2v) is 6.74. The first-order valence-electron chi connectivity index (χ1n) is 8.77. The molecule has 1 saturated carbocycles. The van der Waals surface area contributed by atoms with Gasteiger partial charge in [0.2, 0.25) is 5.91 Å². The Morgan fingerprint density at radius 3 is 2.42 bits per heavy atom. The molecule has 1 amide bonds. The number of aromatic nitrogens is 2. The van der Waals surface area contributed by atoms with Gasteiger partial charge in [-0.3, -0.25) is 9.48 Å². The van der Waals surface area contributed by atoms with Crippen LogP contribution in [0.5, 0.6) is 0 Å². The van der Waals surface area contributed by atoms with Crippen molar-refractivity contribution in [3.05, 3.63) is 18.0 Å². The number of ether oxygens (including phenoxy) is 1. The van der Waals surface area contributed by atoms with Crippen molar-refractivity contribution in [3.8, 4) is 0 Å². The molecule has 1 atom stereocenters. The van der Waals surface area contributed by atoms with Crippen molar-refractivity contribution >= 4 is 18.3 Å². The fourth-order valence-corrected chi connectivity index (χ4v) is 3.71. The molecular formula is C17H29ClN4O2. The van der Waals surface area contributed by atoms with Crippen LogP contribution in [0.25, 0.3) is 0 Å². The van der Waals surface area contributed by atoms with E-state index in [0.717, 1.165) is 31.5 Å². The quantitative estimate of drug-likeness (QED) is 0.877. The summed E-state index contributed by atoms with van der Waals surface area (Å²) in [5, 5.41) is 7.29. The van der Waals surface area contributed by atoms with Crippen LogP contribution in [0.15, 0.2) is 12.4 Å². The fourth-order valence-electron chi connectivity index (χ4n) is 3.71. The number of hydrogen-bond donors (Lipinski definition) is 1. The van der Waals surface area contributed by atoms with Crippen LogP contribution in [0.4, 0.5) is 0 Å². The molecule has 2 heterocycles. The van der Waals surface area contributed by atoms with Crippen LogP contribution < -0.4 is 5.32 Å². The molecule has 136 valence electrons. The summed E-state index contributed by atoms with van der Waals surface area (Å²) in [6.07, 6.45) is 11.4. The highest BCUT2D eigenvalue weighted by Crippen LogP contribution is 2.26. The van der Waals surface area contributed by atoms with Gasteiger partial charge in [0.15, 0.2) is 0 Å². The summed E-state index contributed by atoms with van der Waals surface area (Å²) < 4.78 is 7.92. The van der Waals surface area contributed by atoms with E-state index in [9.17, 15) is 4.79 Å². The number of likely N-dealkylation sites (N-methyl/N-ethyl adjacent to an activating group) is 1. The molecule has 0 spiro atoms. The number of likely N-dealkylation sites (tertiary alicyclic amines) is 1. The Labute approximate surface area is 150 Å². The first kappa shape index (κ1) is 19.2. The topological polar surface area (TPSA) is 59.4 Å². The molecule has 0 radical (unpaired) electrons. The van der Waals surface area contributed by atoms with Gasteiger partial charge in [0.25, 0.3) is 0 Å². The molecule has 7 heteroatoms. The Bertz CT molecular complexity index is 522. The third-order valence-corrected chi connectivity index (χ3v) is 5.03. The highest BCUT2D eigenvalue weighted by molar-refractivity contribution is 5.85. The zero-order valence-electron chi connectivity index (χ0n) is 14.6. The van der Waals surface area contributed by atoms with Gasteiger partial charge < -0.3 is 15.0 Å². The Morgan fingerprint density at radius 1 is 1.25 bits per heavy atom. The van der Waals surface area contributed by atoms with Crippen molar-refractivity contribution in [3.63, 3.8) is 0 Å². The van der Waals surface area contributed by atoms with E-state index >= 15 is 0 Å². The lowest BCUT2D eigenvalue weighted by atomic mass is 10.0. The zero-order chi connectivity index (χ0) is 16.2. The molecule has 1 aliphatic carbocycles. The molecular weight excluding hydrogens is 328 g/mol. The maximum atomic E-state index is 12.8. The number of amides is 1. The average Bonchev–Trinajstić information content (AvgIpc) is 3.21. The van der Waals surface area contributed by atoms with E-state index in [-0.39, 0.29) is 24.4 Å². The van der Waals surface area contributed by atoms with Crippen molar-refractivity contribution in [2.75, 3.05) is 20.1 Å². The molecule has 24 heavy (non-hydrogen) atoms. The Hall–Kier alpha value is -1.11. The second-order valence-electron chi connectivity index (χ2n) is 6.74. The van der Waals surface area contributed by atoms with Gasteiger partial charge in [-0.25, -0.2) is 0 Å². The van der Waals surface area contributed by atoms with Crippen LogP contribution in [-0.4, -0.2) is 52.9 Å². The van der Waals surface area contributed by atoms with Gasteiger partial charge in [0, 0.05) is 31.9 Å². The minimum Gasteiger partial charge on any atom is -0.375 e. The SMILES string of the molecule is CNC(C(=O)N1CCC(OC2CCCC2)CC1)c1cnn(C)c1.Cl. The van der Waals surface area contributed by atoms with Gasteiger partial charge in [-0.05, 0) is 32.7 Å². The highest BCUT2D eigenvalue weighted by atomic mass is 35.5. The molecule has 1 unspecified atom stereocenters. The first-order valence-corrected chi connectivity index (χ1v) is 8.77. The summed E-state index contributed by atoms with van der Waals surface area (Å²) in [6, 6.07) is -0.309. The van der Waals surface area contributed by atoms with E-state index in [4.69, 9.17) is 4.74 Å². The van der Waals surface area contributed by atoms with Crippen LogP contribution in [0.2, 0.25) is 0 Å². The maximum absolute atomic E-state index is 12.8. The van der Waals surface area contributed by atoms with Crippen molar-refractivity contribution in [2.45, 2.75) is 56.8 Å². The number of hydrogen-bond acceptors (Lipinski definition) is 4. The van der Waals surface area contributed by atoms with Gasteiger partial charge >= 0.3 is 0 Å². The number of carbonyl (C=O) groups excluding carboxylic acids is 1. The predicted octanol–water partition coefficient (Wildman–Crippen LogP) is 2.05. The maximum Gasteiger partial charge on any atom is 0.244 e. The zero-order valence-corrected chi connectivity index (χ0v) is 15.4. The van der Waals surface area contributed by atoms with E-state index < -0.39 is 0 Å². The summed E-state index contributed by atoms with van der Waals surface area (Å²) in [5.41, 5.74) is 0.921. The van der Waals surface area contributed by atoms with Crippen molar-refractivity contribution < 1.29 is 9.53 Å². The summed E-state index contributed by atoms with van der Waals surface area (Å²) in [5.74, 6) is 0.139. The number of carbonyl (C=O) groups is 1. The standard InChI is InChI=1S/C17H28N4O2.ClH/c1-18-16(13-11-19-20(2)12-13)17(22)21-9-7-15(8-10-21)23-14-5-3-4-6-14;/h11-12,14-16,18H,3-10H2,1-2H3;1H. The number of rotatable bonds is 5. The van der Waals surface area contributed by atoms with Crippen LogP contribution in [0, 0.1) is 0 Å². The molecule has 1 saturated heterocycles. The lowest BCUT2D eigenvalue weighted by Gasteiger charge is -2.35. The number of aryl methyl sites for hydroxylation is 1. The Morgan fingerprint density at radius 2 is 1.88 bits per heavy atom. The van der Waals surface area contributed by atoms with Gasteiger partial charge in [0.1, 0.15) is 6.04 Å². The molecule has 1 aromatic rings. The van der Waals surface area contributed by atoms with E-state index in [1.807, 2.05) is 25.2 Å². The molecule has 2 fully saturated rings. The van der Waals surface area contributed by atoms with Crippen LogP contribution in [-0.2, 0) is 16.6 Å². The number of halogens is 1. The van der Waals surface area contributed by atoms with Gasteiger partial charge in [-0.2, -0.15) is 5.10 Å². The smallest absolute Gasteiger partial charge is 0.244 e. The number of nitrogens with zero attached hydrogens (tertiary/aromatic N) is 3. The van der Waals surface area contributed by atoms with Crippen molar-refractivity contribution in [2.24, 2.45) is 7.05 Å². The van der Waals surface area contributed by atoms with Crippen molar-refractivity contribution in [1.29, 1.82) is 0 Å². The number of nitrogens with one attached hydrogen (secondary N) is 1. The highest BCUT2D eigenvalue weighted by Gasteiger charge is 2.30. The Kier molecular flexibility index (Phi) is 7.07. The Balaban J connectivity index is 0.00000208.